The summed E-state index contributed by atoms with van der Waals surface area (Å²) in [5.41, 5.74) is 1.35. The molecular formula is C15H16ClNO3. The van der Waals surface area contributed by atoms with E-state index in [9.17, 15) is 4.79 Å². The molecule has 0 bridgehead atoms. The van der Waals surface area contributed by atoms with E-state index in [-0.39, 0.29) is 5.91 Å². The number of carbonyl (C=O) groups is 1. The molecule has 1 N–H and O–H groups in total. The summed E-state index contributed by atoms with van der Waals surface area (Å²) in [6.45, 7) is 4.61. The molecule has 20 heavy (non-hydrogen) atoms. The second-order valence-corrected chi connectivity index (χ2v) is 4.70. The highest BCUT2D eigenvalue weighted by Gasteiger charge is 2.13. The second-order valence-electron chi connectivity index (χ2n) is 4.29. The minimum atomic E-state index is -0.191. The summed E-state index contributed by atoms with van der Waals surface area (Å²) in [5.74, 6) is 1.10. The first-order valence-electron chi connectivity index (χ1n) is 6.35. The molecule has 0 saturated heterocycles. The van der Waals surface area contributed by atoms with Gasteiger partial charge in [0.05, 0.1) is 24.4 Å². The first-order valence-corrected chi connectivity index (χ1v) is 6.73. The van der Waals surface area contributed by atoms with Gasteiger partial charge in [-0.1, -0.05) is 11.6 Å². The monoisotopic (exact) mass is 293 g/mol. The van der Waals surface area contributed by atoms with Crippen molar-refractivity contribution in [2.24, 2.45) is 0 Å². The largest absolute Gasteiger partial charge is 0.492 e. The molecule has 5 heteroatoms. The lowest BCUT2D eigenvalue weighted by Gasteiger charge is -2.11. The Morgan fingerprint density at radius 1 is 1.45 bits per heavy atom. The molecule has 0 unspecified atom stereocenters. The molecule has 0 atom stereocenters. The van der Waals surface area contributed by atoms with Gasteiger partial charge in [-0.15, -0.1) is 0 Å². The molecule has 0 saturated carbocycles. The predicted octanol–water partition coefficient (Wildman–Crippen LogP) is 3.57. The Kier molecular flexibility index (Phi) is 4.69. The van der Waals surface area contributed by atoms with Gasteiger partial charge in [0.2, 0.25) is 0 Å². The minimum Gasteiger partial charge on any atom is -0.492 e. The van der Waals surface area contributed by atoms with Crippen LogP contribution in [0.5, 0.6) is 5.75 Å². The lowest BCUT2D eigenvalue weighted by molar-refractivity contribution is 0.0947. The van der Waals surface area contributed by atoms with E-state index < -0.39 is 0 Å². The maximum absolute atomic E-state index is 12.1. The molecule has 2 aromatic rings. The van der Waals surface area contributed by atoms with Gasteiger partial charge in [0.25, 0.3) is 5.91 Å². The summed E-state index contributed by atoms with van der Waals surface area (Å²) in [5, 5.41) is 3.22. The van der Waals surface area contributed by atoms with Crippen LogP contribution in [-0.4, -0.2) is 12.5 Å². The number of benzene rings is 1. The van der Waals surface area contributed by atoms with Gasteiger partial charge in [0, 0.05) is 5.56 Å². The molecule has 1 aromatic carbocycles. The SMILES string of the molecule is CCOc1cc(C)c(C(=O)NCc2ccco2)cc1Cl. The van der Waals surface area contributed by atoms with Gasteiger partial charge < -0.3 is 14.5 Å². The molecule has 0 aliphatic rings. The third-order valence-corrected chi connectivity index (χ3v) is 3.12. The topological polar surface area (TPSA) is 51.5 Å². The highest BCUT2D eigenvalue weighted by Crippen LogP contribution is 2.28. The molecule has 0 aliphatic carbocycles. The van der Waals surface area contributed by atoms with Gasteiger partial charge in [-0.3, -0.25) is 4.79 Å². The van der Waals surface area contributed by atoms with Crippen LogP contribution in [0.2, 0.25) is 5.02 Å². The van der Waals surface area contributed by atoms with Crippen LogP contribution in [0.3, 0.4) is 0 Å². The number of aryl methyl sites for hydroxylation is 1. The Bertz CT molecular complexity index is 593. The number of amides is 1. The maximum atomic E-state index is 12.1. The number of halogens is 1. The van der Waals surface area contributed by atoms with Crippen LogP contribution in [0.1, 0.15) is 28.6 Å². The molecule has 106 valence electrons. The van der Waals surface area contributed by atoms with Gasteiger partial charge in [-0.2, -0.15) is 0 Å². The summed E-state index contributed by atoms with van der Waals surface area (Å²) in [7, 11) is 0. The summed E-state index contributed by atoms with van der Waals surface area (Å²) >= 11 is 6.10. The average Bonchev–Trinajstić information content (AvgIpc) is 2.93. The van der Waals surface area contributed by atoms with Crippen LogP contribution < -0.4 is 10.1 Å². The molecule has 1 heterocycles. The second kappa shape index (κ2) is 6.48. The zero-order chi connectivity index (χ0) is 14.5. The standard InChI is InChI=1S/C15H16ClNO3/c1-3-19-14-7-10(2)12(8-13(14)16)15(18)17-9-11-5-4-6-20-11/h4-8H,3,9H2,1-2H3,(H,17,18). The lowest BCUT2D eigenvalue weighted by Crippen LogP contribution is -2.23. The van der Waals surface area contributed by atoms with Crippen LogP contribution in [0.15, 0.2) is 34.9 Å². The third kappa shape index (κ3) is 3.33. The van der Waals surface area contributed by atoms with E-state index in [1.54, 1.807) is 30.5 Å². The summed E-state index contributed by atoms with van der Waals surface area (Å²) in [6.07, 6.45) is 1.57. The van der Waals surface area contributed by atoms with Crippen molar-refractivity contribution in [1.82, 2.24) is 5.32 Å². The Morgan fingerprint density at radius 3 is 2.90 bits per heavy atom. The smallest absolute Gasteiger partial charge is 0.251 e. The molecule has 0 radical (unpaired) electrons. The molecule has 0 fully saturated rings. The normalized spacial score (nSPS) is 10.3. The van der Waals surface area contributed by atoms with Gasteiger partial charge in [0.1, 0.15) is 11.5 Å². The Balaban J connectivity index is 2.11. The number of hydrogen-bond donors (Lipinski definition) is 1. The van der Waals surface area contributed by atoms with E-state index in [0.29, 0.717) is 35.2 Å². The Hall–Kier alpha value is -1.94. The Labute approximate surface area is 122 Å². The third-order valence-electron chi connectivity index (χ3n) is 2.83. The average molecular weight is 294 g/mol. The van der Waals surface area contributed by atoms with E-state index in [1.165, 1.54) is 0 Å². The van der Waals surface area contributed by atoms with Crippen molar-refractivity contribution in [2.45, 2.75) is 20.4 Å². The highest BCUT2D eigenvalue weighted by molar-refractivity contribution is 6.32. The van der Waals surface area contributed by atoms with Crippen molar-refractivity contribution >= 4 is 17.5 Å². The number of carbonyl (C=O) groups excluding carboxylic acids is 1. The van der Waals surface area contributed by atoms with Crippen molar-refractivity contribution in [3.05, 3.63) is 52.4 Å². The zero-order valence-electron chi connectivity index (χ0n) is 11.4. The minimum absolute atomic E-state index is 0.191. The molecule has 4 nitrogen and oxygen atoms in total. The fourth-order valence-electron chi connectivity index (χ4n) is 1.84. The summed E-state index contributed by atoms with van der Waals surface area (Å²) in [4.78, 5) is 12.1. The van der Waals surface area contributed by atoms with E-state index >= 15 is 0 Å². The summed E-state index contributed by atoms with van der Waals surface area (Å²) < 4.78 is 10.6. The van der Waals surface area contributed by atoms with E-state index in [2.05, 4.69) is 5.32 Å². The first-order chi connectivity index (χ1) is 9.61. The Morgan fingerprint density at radius 2 is 2.25 bits per heavy atom. The molecule has 0 spiro atoms. The van der Waals surface area contributed by atoms with Crippen LogP contribution >= 0.6 is 11.6 Å². The number of rotatable bonds is 5. The summed E-state index contributed by atoms with van der Waals surface area (Å²) in [6, 6.07) is 6.98. The fraction of sp³-hybridized carbons (Fsp3) is 0.267. The number of nitrogens with one attached hydrogen (secondary N) is 1. The van der Waals surface area contributed by atoms with Gasteiger partial charge >= 0.3 is 0 Å². The van der Waals surface area contributed by atoms with Gasteiger partial charge in [0.15, 0.2) is 0 Å². The number of hydrogen-bond acceptors (Lipinski definition) is 3. The van der Waals surface area contributed by atoms with Gasteiger partial charge in [-0.05, 0) is 43.7 Å². The van der Waals surface area contributed by atoms with Crippen molar-refractivity contribution in [2.75, 3.05) is 6.61 Å². The molecule has 0 aliphatic heterocycles. The molecule has 1 aromatic heterocycles. The van der Waals surface area contributed by atoms with E-state index in [1.807, 2.05) is 13.8 Å². The lowest BCUT2D eigenvalue weighted by atomic mass is 10.1. The van der Waals surface area contributed by atoms with Crippen molar-refractivity contribution in [1.29, 1.82) is 0 Å². The quantitative estimate of drug-likeness (QED) is 0.917. The van der Waals surface area contributed by atoms with Crippen LogP contribution in [0.25, 0.3) is 0 Å². The number of furan rings is 1. The van der Waals surface area contributed by atoms with Gasteiger partial charge in [-0.25, -0.2) is 0 Å². The van der Waals surface area contributed by atoms with Crippen LogP contribution in [-0.2, 0) is 6.54 Å². The predicted molar refractivity (Wildman–Crippen MR) is 77.2 cm³/mol. The van der Waals surface area contributed by atoms with Crippen molar-refractivity contribution in [3.63, 3.8) is 0 Å². The fourth-order valence-corrected chi connectivity index (χ4v) is 2.06. The zero-order valence-corrected chi connectivity index (χ0v) is 12.2. The maximum Gasteiger partial charge on any atom is 0.251 e. The molecule has 2 rings (SSSR count). The van der Waals surface area contributed by atoms with Crippen LogP contribution in [0, 0.1) is 6.92 Å². The molecule has 1 amide bonds. The number of ether oxygens (including phenoxy) is 1. The molecular weight excluding hydrogens is 278 g/mol. The van der Waals surface area contributed by atoms with Crippen LogP contribution in [0.4, 0.5) is 0 Å². The van der Waals surface area contributed by atoms with E-state index in [0.717, 1.165) is 5.56 Å². The first kappa shape index (κ1) is 14.5. The van der Waals surface area contributed by atoms with Crippen molar-refractivity contribution < 1.29 is 13.9 Å². The highest BCUT2D eigenvalue weighted by atomic mass is 35.5. The van der Waals surface area contributed by atoms with E-state index in [4.69, 9.17) is 20.8 Å². The van der Waals surface area contributed by atoms with Crippen molar-refractivity contribution in [3.8, 4) is 5.75 Å².